The minimum atomic E-state index is -0.350. The third-order valence-corrected chi connectivity index (χ3v) is 3.17. The number of benzene rings is 1. The lowest BCUT2D eigenvalue weighted by Crippen LogP contribution is -2.25. The number of nitrogens with zero attached hydrogens (tertiary/aromatic N) is 1. The molecule has 0 spiro atoms. The zero-order chi connectivity index (χ0) is 14.5. The third kappa shape index (κ3) is 4.52. The van der Waals surface area contributed by atoms with Gasteiger partial charge >= 0.3 is 0 Å². The van der Waals surface area contributed by atoms with Crippen LogP contribution >= 0.6 is 0 Å². The Morgan fingerprint density at radius 3 is 2.68 bits per heavy atom. The van der Waals surface area contributed by atoms with Gasteiger partial charge < -0.3 is 10.1 Å². The van der Waals surface area contributed by atoms with Crippen molar-refractivity contribution in [1.29, 1.82) is 0 Å². The minimum Gasteiger partial charge on any atom is -0.385 e. The van der Waals surface area contributed by atoms with Crippen molar-refractivity contribution in [1.82, 2.24) is 0 Å². The number of nitrogens with one attached hydrogen (secondary N) is 1. The summed E-state index contributed by atoms with van der Waals surface area (Å²) in [6, 6.07) is 5.10. The number of ether oxygens (including phenoxy) is 1. The second kappa shape index (κ2) is 6.52. The van der Waals surface area contributed by atoms with E-state index in [-0.39, 0.29) is 16.0 Å². The van der Waals surface area contributed by atoms with Crippen molar-refractivity contribution >= 4 is 11.4 Å². The fraction of sp³-hybridized carbons (Fsp3) is 0.571. The predicted molar refractivity (Wildman–Crippen MR) is 76.6 cm³/mol. The van der Waals surface area contributed by atoms with E-state index < -0.39 is 0 Å². The summed E-state index contributed by atoms with van der Waals surface area (Å²) >= 11 is 0. The summed E-state index contributed by atoms with van der Waals surface area (Å²) in [5.41, 5.74) is 1.64. The monoisotopic (exact) mass is 266 g/mol. The van der Waals surface area contributed by atoms with Crippen molar-refractivity contribution in [2.24, 2.45) is 5.41 Å². The van der Waals surface area contributed by atoms with Gasteiger partial charge in [0.2, 0.25) is 0 Å². The Morgan fingerprint density at radius 2 is 2.11 bits per heavy atom. The van der Waals surface area contributed by atoms with Crippen LogP contribution < -0.4 is 5.32 Å². The first-order valence-corrected chi connectivity index (χ1v) is 6.34. The van der Waals surface area contributed by atoms with Crippen LogP contribution in [0.2, 0.25) is 0 Å². The van der Waals surface area contributed by atoms with E-state index >= 15 is 0 Å². The second-order valence-corrected chi connectivity index (χ2v) is 5.49. The van der Waals surface area contributed by atoms with Crippen LogP contribution in [0.3, 0.4) is 0 Å². The van der Waals surface area contributed by atoms with Crippen molar-refractivity contribution in [3.63, 3.8) is 0 Å². The Kier molecular flexibility index (Phi) is 5.30. The number of para-hydroxylation sites is 1. The number of methoxy groups -OCH3 is 1. The van der Waals surface area contributed by atoms with Gasteiger partial charge in [0.25, 0.3) is 5.69 Å². The second-order valence-electron chi connectivity index (χ2n) is 5.49. The first kappa shape index (κ1) is 15.4. The molecule has 0 aliphatic heterocycles. The molecule has 1 N–H and O–H groups in total. The zero-order valence-corrected chi connectivity index (χ0v) is 12.0. The summed E-state index contributed by atoms with van der Waals surface area (Å²) in [6.07, 6.45) is 0.899. The fourth-order valence-corrected chi connectivity index (χ4v) is 1.83. The molecule has 0 aromatic heterocycles. The van der Waals surface area contributed by atoms with Crippen molar-refractivity contribution in [3.05, 3.63) is 33.9 Å². The highest BCUT2D eigenvalue weighted by Crippen LogP contribution is 2.29. The highest BCUT2D eigenvalue weighted by Gasteiger charge is 2.21. The van der Waals surface area contributed by atoms with Crippen LogP contribution in [0.25, 0.3) is 0 Å². The van der Waals surface area contributed by atoms with Gasteiger partial charge in [0.15, 0.2) is 0 Å². The summed E-state index contributed by atoms with van der Waals surface area (Å²) in [4.78, 5) is 10.7. The molecule has 0 saturated carbocycles. The molecule has 5 nitrogen and oxygen atoms in total. The van der Waals surface area contributed by atoms with Crippen LogP contribution in [-0.2, 0) is 4.74 Å². The van der Waals surface area contributed by atoms with Crippen molar-refractivity contribution in [3.8, 4) is 0 Å². The number of nitro groups is 1. The molecule has 0 heterocycles. The van der Waals surface area contributed by atoms with Gasteiger partial charge in [-0.3, -0.25) is 10.1 Å². The third-order valence-electron chi connectivity index (χ3n) is 3.17. The first-order chi connectivity index (χ1) is 8.87. The minimum absolute atomic E-state index is 0.0200. The Labute approximate surface area is 114 Å². The molecule has 0 fully saturated rings. The van der Waals surface area contributed by atoms with E-state index in [1.807, 2.05) is 13.0 Å². The highest BCUT2D eigenvalue weighted by atomic mass is 16.6. The van der Waals surface area contributed by atoms with E-state index in [0.29, 0.717) is 18.8 Å². The van der Waals surface area contributed by atoms with Gasteiger partial charge in [-0.25, -0.2) is 0 Å². The maximum absolute atomic E-state index is 11.0. The summed E-state index contributed by atoms with van der Waals surface area (Å²) in [6.45, 7) is 7.45. The quantitative estimate of drug-likeness (QED) is 0.607. The Hall–Kier alpha value is -1.62. The molecule has 0 amide bonds. The molecule has 0 aliphatic rings. The van der Waals surface area contributed by atoms with E-state index in [1.165, 1.54) is 6.07 Å². The molecule has 0 aliphatic carbocycles. The van der Waals surface area contributed by atoms with Crippen molar-refractivity contribution < 1.29 is 9.66 Å². The zero-order valence-electron chi connectivity index (χ0n) is 12.0. The topological polar surface area (TPSA) is 64.4 Å². The summed E-state index contributed by atoms with van der Waals surface area (Å²) in [5.74, 6) is 0. The van der Waals surface area contributed by atoms with E-state index in [4.69, 9.17) is 4.74 Å². The summed E-state index contributed by atoms with van der Waals surface area (Å²) < 4.78 is 5.08. The van der Waals surface area contributed by atoms with Crippen LogP contribution in [0.4, 0.5) is 11.4 Å². The van der Waals surface area contributed by atoms with Gasteiger partial charge in [-0.2, -0.15) is 0 Å². The van der Waals surface area contributed by atoms with Gasteiger partial charge in [-0.15, -0.1) is 0 Å². The molecule has 106 valence electrons. The maximum atomic E-state index is 11.0. The number of hydrogen-bond acceptors (Lipinski definition) is 4. The molecule has 19 heavy (non-hydrogen) atoms. The molecule has 0 unspecified atom stereocenters. The number of anilines is 1. The standard InChI is InChI=1S/C14H22N2O3/c1-11-6-5-7-12(16(17)18)13(11)15-10-14(2,3)8-9-19-4/h5-7,15H,8-10H2,1-4H3. The lowest BCUT2D eigenvalue weighted by atomic mass is 9.89. The Balaban J connectivity index is 2.80. The number of nitro benzene ring substituents is 1. The summed E-state index contributed by atoms with van der Waals surface area (Å²) in [7, 11) is 1.68. The van der Waals surface area contributed by atoms with E-state index in [0.717, 1.165) is 12.0 Å². The van der Waals surface area contributed by atoms with Gasteiger partial charge in [0.05, 0.1) is 4.92 Å². The molecular weight excluding hydrogens is 244 g/mol. The van der Waals surface area contributed by atoms with Gasteiger partial charge in [-0.05, 0) is 24.3 Å². The molecule has 0 atom stereocenters. The first-order valence-electron chi connectivity index (χ1n) is 6.34. The van der Waals surface area contributed by atoms with Crippen LogP contribution in [0.1, 0.15) is 25.8 Å². The van der Waals surface area contributed by atoms with E-state index in [2.05, 4.69) is 19.2 Å². The largest absolute Gasteiger partial charge is 0.385 e. The van der Waals surface area contributed by atoms with Crippen LogP contribution in [0, 0.1) is 22.5 Å². The molecule has 1 rings (SSSR count). The molecule has 1 aromatic carbocycles. The number of hydrogen-bond donors (Lipinski definition) is 1. The van der Waals surface area contributed by atoms with Gasteiger partial charge in [0, 0.05) is 26.3 Å². The maximum Gasteiger partial charge on any atom is 0.292 e. The van der Waals surface area contributed by atoms with E-state index in [1.54, 1.807) is 13.2 Å². The lowest BCUT2D eigenvalue weighted by Gasteiger charge is -2.25. The smallest absolute Gasteiger partial charge is 0.292 e. The Morgan fingerprint density at radius 1 is 1.42 bits per heavy atom. The van der Waals surface area contributed by atoms with Gasteiger partial charge in [0.1, 0.15) is 5.69 Å². The van der Waals surface area contributed by atoms with E-state index in [9.17, 15) is 10.1 Å². The van der Waals surface area contributed by atoms with Crippen molar-refractivity contribution in [2.75, 3.05) is 25.6 Å². The number of rotatable bonds is 7. The molecule has 5 heteroatoms. The molecule has 0 bridgehead atoms. The van der Waals surface area contributed by atoms with Crippen LogP contribution in [-0.4, -0.2) is 25.2 Å². The fourth-order valence-electron chi connectivity index (χ4n) is 1.83. The lowest BCUT2D eigenvalue weighted by molar-refractivity contribution is -0.384. The summed E-state index contributed by atoms with van der Waals surface area (Å²) in [5, 5.41) is 14.2. The molecule has 0 radical (unpaired) electrons. The average molecular weight is 266 g/mol. The van der Waals surface area contributed by atoms with Crippen molar-refractivity contribution in [2.45, 2.75) is 27.2 Å². The predicted octanol–water partition coefficient (Wildman–Crippen LogP) is 3.38. The average Bonchev–Trinajstić information content (AvgIpc) is 2.34. The normalized spacial score (nSPS) is 11.4. The molecule has 0 saturated heterocycles. The molecule has 1 aromatic rings. The van der Waals surface area contributed by atoms with Gasteiger partial charge in [-0.1, -0.05) is 26.0 Å². The highest BCUT2D eigenvalue weighted by molar-refractivity contribution is 5.66. The Bertz CT molecular complexity index is 444. The van der Waals surface area contributed by atoms with Crippen LogP contribution in [0.5, 0.6) is 0 Å². The number of aryl methyl sites for hydroxylation is 1. The SMILES string of the molecule is COCCC(C)(C)CNc1c(C)cccc1[N+](=O)[O-]. The van der Waals surface area contributed by atoms with Crippen LogP contribution in [0.15, 0.2) is 18.2 Å². The molecular formula is C14H22N2O3.